The van der Waals surface area contributed by atoms with E-state index in [1.54, 1.807) is 0 Å². The average molecular weight is 298 g/mol. The van der Waals surface area contributed by atoms with Crippen molar-refractivity contribution in [3.05, 3.63) is 33.0 Å². The first-order valence-electron chi connectivity index (χ1n) is 5.66. The van der Waals surface area contributed by atoms with E-state index < -0.39 is 40.0 Å². The highest BCUT2D eigenvalue weighted by atomic mass is 16.5. The Balaban J connectivity index is 3.97. The first-order valence-corrected chi connectivity index (χ1v) is 5.66. The van der Waals surface area contributed by atoms with Crippen molar-refractivity contribution in [3.8, 4) is 11.5 Å². The predicted molar refractivity (Wildman–Crippen MR) is 69.4 cm³/mol. The third-order valence-electron chi connectivity index (χ3n) is 2.65. The van der Waals surface area contributed by atoms with Gasteiger partial charge in [-0.15, -0.1) is 0 Å². The van der Waals surface area contributed by atoms with E-state index in [0.29, 0.717) is 0 Å². The fraction of sp³-hybridized carbons (Fsp3) is 0.308. The Bertz CT molecular complexity index is 635. The van der Waals surface area contributed by atoms with Gasteiger partial charge in [0.15, 0.2) is 5.75 Å². The van der Waals surface area contributed by atoms with E-state index in [-0.39, 0.29) is 12.2 Å². The maximum Gasteiger partial charge on any atom is 0.342 e. The molecule has 0 unspecified atom stereocenters. The first kappa shape index (κ1) is 16.4. The van der Waals surface area contributed by atoms with Gasteiger partial charge in [0, 0.05) is 7.11 Å². The van der Waals surface area contributed by atoms with Crippen molar-refractivity contribution in [1.82, 2.24) is 0 Å². The number of ether oxygens (including phenoxy) is 3. The maximum absolute atomic E-state index is 11.9. The number of hydrogen-bond donors (Lipinski definition) is 2. The van der Waals surface area contributed by atoms with Crippen LogP contribution < -0.4 is 5.43 Å². The molecule has 21 heavy (non-hydrogen) atoms. The number of carbonyl (C=O) groups excluding carboxylic acids is 2. The molecule has 0 amide bonds. The molecule has 0 radical (unpaired) electrons. The van der Waals surface area contributed by atoms with Crippen molar-refractivity contribution >= 4 is 11.9 Å². The van der Waals surface area contributed by atoms with E-state index in [0.717, 1.165) is 20.3 Å². The van der Waals surface area contributed by atoms with Gasteiger partial charge in [0.2, 0.25) is 11.2 Å². The van der Waals surface area contributed by atoms with E-state index in [9.17, 15) is 24.6 Å². The number of aromatic hydroxyl groups is 2. The zero-order valence-electron chi connectivity index (χ0n) is 11.6. The standard InChI is InChI=1S/C13H14O8/c1-19-5-6-4-7(14)10(15)11(16)9(13(18)21-3)8(6)12(17)20-2/h4H,5H2,1-3H3,(H2,14,15,16). The lowest BCUT2D eigenvalue weighted by molar-refractivity contribution is 0.0548. The second kappa shape index (κ2) is 6.71. The Morgan fingerprint density at radius 2 is 1.52 bits per heavy atom. The summed E-state index contributed by atoms with van der Waals surface area (Å²) in [7, 11) is 3.37. The van der Waals surface area contributed by atoms with Gasteiger partial charge in [-0.3, -0.25) is 4.79 Å². The van der Waals surface area contributed by atoms with Gasteiger partial charge in [0.25, 0.3) is 0 Å². The predicted octanol–water partition coefficient (Wildman–Crippen LogP) is 0.178. The average Bonchev–Trinajstić information content (AvgIpc) is 2.56. The monoisotopic (exact) mass is 298 g/mol. The lowest BCUT2D eigenvalue weighted by Gasteiger charge is -2.09. The summed E-state index contributed by atoms with van der Waals surface area (Å²) in [4.78, 5) is 35.4. The molecule has 0 saturated heterocycles. The molecular formula is C13H14O8. The minimum Gasteiger partial charge on any atom is -0.504 e. The largest absolute Gasteiger partial charge is 0.504 e. The summed E-state index contributed by atoms with van der Waals surface area (Å²) in [6, 6.07) is 0.872. The van der Waals surface area contributed by atoms with Crippen molar-refractivity contribution < 1.29 is 34.0 Å². The van der Waals surface area contributed by atoms with Crippen molar-refractivity contribution in [2.75, 3.05) is 21.3 Å². The number of hydrogen-bond acceptors (Lipinski definition) is 8. The highest BCUT2D eigenvalue weighted by molar-refractivity contribution is 6.06. The fourth-order valence-electron chi connectivity index (χ4n) is 1.72. The van der Waals surface area contributed by atoms with Crippen LogP contribution in [-0.4, -0.2) is 43.5 Å². The number of esters is 2. The topological polar surface area (TPSA) is 119 Å². The van der Waals surface area contributed by atoms with Gasteiger partial charge in [-0.1, -0.05) is 0 Å². The Morgan fingerprint density at radius 3 is 2.00 bits per heavy atom. The van der Waals surface area contributed by atoms with E-state index in [1.807, 2.05) is 0 Å². The van der Waals surface area contributed by atoms with Gasteiger partial charge in [0.1, 0.15) is 5.56 Å². The molecule has 0 aliphatic rings. The van der Waals surface area contributed by atoms with Crippen LogP contribution in [-0.2, 0) is 20.8 Å². The van der Waals surface area contributed by atoms with Crippen molar-refractivity contribution in [2.45, 2.75) is 6.61 Å². The minimum atomic E-state index is -1.11. The molecule has 0 fully saturated rings. The fourth-order valence-corrected chi connectivity index (χ4v) is 1.72. The summed E-state index contributed by atoms with van der Waals surface area (Å²) in [6.45, 7) is -0.225. The van der Waals surface area contributed by atoms with Gasteiger partial charge in [-0.25, -0.2) is 9.59 Å². The summed E-state index contributed by atoms with van der Waals surface area (Å²) in [5, 5.41) is 19.5. The molecule has 1 rings (SSSR count). The number of methoxy groups -OCH3 is 3. The molecule has 0 aliphatic carbocycles. The molecule has 8 heteroatoms. The molecule has 1 aromatic carbocycles. The third kappa shape index (κ3) is 3.11. The van der Waals surface area contributed by atoms with Crippen LogP contribution in [0.2, 0.25) is 0 Å². The molecule has 8 nitrogen and oxygen atoms in total. The summed E-state index contributed by atoms with van der Waals surface area (Å²) >= 11 is 0. The van der Waals surface area contributed by atoms with E-state index in [1.165, 1.54) is 7.11 Å². The van der Waals surface area contributed by atoms with Crippen LogP contribution in [0.1, 0.15) is 26.3 Å². The highest BCUT2D eigenvalue weighted by Gasteiger charge is 2.28. The number of carbonyl (C=O) groups is 2. The molecular weight excluding hydrogens is 284 g/mol. The Hall–Kier alpha value is -2.61. The van der Waals surface area contributed by atoms with E-state index >= 15 is 0 Å². The highest BCUT2D eigenvalue weighted by Crippen LogP contribution is 2.30. The van der Waals surface area contributed by atoms with Crippen molar-refractivity contribution in [2.24, 2.45) is 0 Å². The molecule has 0 spiro atoms. The van der Waals surface area contributed by atoms with Crippen LogP contribution in [0.5, 0.6) is 11.5 Å². The van der Waals surface area contributed by atoms with Gasteiger partial charge in [0.05, 0.1) is 26.4 Å². The molecule has 1 aromatic rings. The maximum atomic E-state index is 11.9. The molecule has 0 heterocycles. The second-order valence-electron chi connectivity index (χ2n) is 3.90. The Kier molecular flexibility index (Phi) is 5.25. The first-order chi connectivity index (χ1) is 9.88. The SMILES string of the molecule is COCc1cc(=O)c(O)c(O)c(C(=O)OC)c1C(=O)OC. The summed E-state index contributed by atoms with van der Waals surface area (Å²) in [5.74, 6) is -4.25. The molecule has 2 N–H and O–H groups in total. The zero-order valence-corrected chi connectivity index (χ0v) is 11.6. The van der Waals surface area contributed by atoms with Crippen LogP contribution in [0.25, 0.3) is 0 Å². The lowest BCUT2D eigenvalue weighted by atomic mass is 10.1. The quantitative estimate of drug-likeness (QED) is 0.755. The van der Waals surface area contributed by atoms with Gasteiger partial charge in [-0.2, -0.15) is 0 Å². The third-order valence-corrected chi connectivity index (χ3v) is 2.65. The van der Waals surface area contributed by atoms with Crippen LogP contribution in [0, 0.1) is 0 Å². The van der Waals surface area contributed by atoms with Gasteiger partial charge < -0.3 is 24.4 Å². The van der Waals surface area contributed by atoms with Crippen molar-refractivity contribution in [3.63, 3.8) is 0 Å². The Labute approximate surface area is 119 Å². The van der Waals surface area contributed by atoms with Crippen LogP contribution in [0.15, 0.2) is 10.9 Å². The van der Waals surface area contributed by atoms with Crippen molar-refractivity contribution in [1.29, 1.82) is 0 Å². The Morgan fingerprint density at radius 1 is 1.00 bits per heavy atom. The molecule has 0 bridgehead atoms. The molecule has 0 saturated carbocycles. The molecule has 0 aromatic heterocycles. The second-order valence-corrected chi connectivity index (χ2v) is 3.90. The number of rotatable bonds is 4. The smallest absolute Gasteiger partial charge is 0.342 e. The molecule has 114 valence electrons. The van der Waals surface area contributed by atoms with Crippen LogP contribution in [0.4, 0.5) is 0 Å². The van der Waals surface area contributed by atoms with Gasteiger partial charge in [-0.05, 0) is 11.6 Å². The zero-order chi connectivity index (χ0) is 16.2. The van der Waals surface area contributed by atoms with Crippen LogP contribution >= 0.6 is 0 Å². The minimum absolute atomic E-state index is 0.0367. The molecule has 0 aliphatic heterocycles. The van der Waals surface area contributed by atoms with Gasteiger partial charge >= 0.3 is 11.9 Å². The molecule has 0 atom stereocenters. The summed E-state index contributed by atoms with van der Waals surface area (Å²) < 4.78 is 13.8. The summed E-state index contributed by atoms with van der Waals surface area (Å²) in [5.41, 5.74) is -2.11. The van der Waals surface area contributed by atoms with Crippen LogP contribution in [0.3, 0.4) is 0 Å². The lowest BCUT2D eigenvalue weighted by Crippen LogP contribution is -2.14. The van der Waals surface area contributed by atoms with E-state index in [4.69, 9.17) is 4.74 Å². The normalized spacial score (nSPS) is 10.0. The summed E-state index contributed by atoms with van der Waals surface area (Å²) in [6.07, 6.45) is 0. The van der Waals surface area contributed by atoms with E-state index in [2.05, 4.69) is 9.47 Å².